The molecule has 1 amide bonds. The Kier molecular flexibility index (Phi) is 8.19. The molecule has 6 nitrogen and oxygen atoms in total. The maximum absolute atomic E-state index is 15.0. The average Bonchev–Trinajstić information content (AvgIpc) is 3.38. The molecule has 254 valence electrons. The molecule has 16 heteroatoms. The third-order valence-corrected chi connectivity index (χ3v) is 15.5. The molecule has 2 saturated heterocycles. The first-order valence-corrected chi connectivity index (χ1v) is 17.7. The molecule has 2 aromatic carbocycles. The molecule has 0 saturated carbocycles. The zero-order valence-electron chi connectivity index (χ0n) is 24.7. The lowest BCUT2D eigenvalue weighted by molar-refractivity contribution is -0.348. The smallest absolute Gasteiger partial charge is 0.337 e. The van der Waals surface area contributed by atoms with E-state index in [0.29, 0.717) is 6.07 Å². The molecule has 0 radical (unpaired) electrons. The van der Waals surface area contributed by atoms with Gasteiger partial charge < -0.3 is 4.90 Å². The molecule has 1 aliphatic carbocycles. The summed E-state index contributed by atoms with van der Waals surface area (Å²) in [6, 6.07) is 3.96. The van der Waals surface area contributed by atoms with Gasteiger partial charge in [0.2, 0.25) is 5.91 Å². The summed E-state index contributed by atoms with van der Waals surface area (Å²) in [4.78, 5) is 15.0. The van der Waals surface area contributed by atoms with Crippen LogP contribution in [0.3, 0.4) is 0 Å². The lowest BCUT2D eigenvalue weighted by Crippen LogP contribution is -2.55. The van der Waals surface area contributed by atoms with Gasteiger partial charge in [0.25, 0.3) is 0 Å². The van der Waals surface area contributed by atoms with Gasteiger partial charge in [0.15, 0.2) is 19.7 Å². The maximum atomic E-state index is 15.0. The molecule has 0 bridgehead atoms. The lowest BCUT2D eigenvalue weighted by atomic mass is 9.76. The van der Waals surface area contributed by atoms with Crippen molar-refractivity contribution in [3.05, 3.63) is 65.0 Å². The minimum absolute atomic E-state index is 0.00883. The van der Waals surface area contributed by atoms with Crippen molar-refractivity contribution in [2.24, 2.45) is 5.92 Å². The van der Waals surface area contributed by atoms with E-state index in [2.05, 4.69) is 0 Å². The molecular weight excluding hydrogens is 670 g/mol. The predicted molar refractivity (Wildman–Crippen MR) is 150 cm³/mol. The van der Waals surface area contributed by atoms with Crippen LogP contribution in [0, 0.1) is 11.7 Å². The summed E-state index contributed by atoms with van der Waals surface area (Å²) in [5.74, 6) is -2.32. The standard InChI is InChI=1S/C30H31F8NO5S2/c1-3-26(2)17-19(12-15-45(26,41)42)25(40)39-14-13-27(46(43,44)22-8-6-21(31)7-9-22)23-10-5-20(16-18(23)4-11-24(27)39)28(32,29(33,34)35)30(36,37)38/h5-10,16,19,24H,3-4,11-15,17H2,1-2H3/t19?,24-,26+,27-/m0/s1. The number of carbonyl (C=O) groups excluding carboxylic acids is 1. The Hall–Kier alpha value is -2.75. The fraction of sp³-hybridized carbons (Fsp3) is 0.567. The topological polar surface area (TPSA) is 88.6 Å². The third-order valence-electron chi connectivity index (χ3n) is 10.2. The number of rotatable bonds is 5. The SMILES string of the molecule is CC[C@]1(C)CC(C(=O)N2CC[C@]3(S(=O)(=O)c4ccc(F)cc4)c4ccc(C(F)(C(F)(F)F)C(F)(F)F)cc4CC[C@H]23)CCS1(=O)=O. The Bertz CT molecular complexity index is 1740. The molecule has 5 rings (SSSR count). The van der Waals surface area contributed by atoms with Crippen molar-refractivity contribution in [1.82, 2.24) is 4.90 Å². The summed E-state index contributed by atoms with van der Waals surface area (Å²) in [5.41, 5.74) is -7.93. The van der Waals surface area contributed by atoms with Gasteiger partial charge in [-0.2, -0.15) is 26.3 Å². The third kappa shape index (κ3) is 4.86. The quantitative estimate of drug-likeness (QED) is 0.269. The molecule has 0 spiro atoms. The highest BCUT2D eigenvalue weighted by atomic mass is 32.2. The number of fused-ring (bicyclic) bond motifs is 3. The van der Waals surface area contributed by atoms with E-state index in [1.165, 1.54) is 11.8 Å². The van der Waals surface area contributed by atoms with E-state index in [9.17, 15) is 52.4 Å². The normalized spacial score (nSPS) is 28.4. The van der Waals surface area contributed by atoms with E-state index >= 15 is 4.39 Å². The number of amides is 1. The van der Waals surface area contributed by atoms with Crippen molar-refractivity contribution in [3.8, 4) is 0 Å². The summed E-state index contributed by atoms with van der Waals surface area (Å²) in [6.07, 6.45) is -13.4. The van der Waals surface area contributed by atoms with Gasteiger partial charge in [-0.15, -0.1) is 0 Å². The first-order chi connectivity index (χ1) is 21.1. The number of halogens is 8. The molecule has 3 aliphatic rings. The molecule has 1 unspecified atom stereocenters. The van der Waals surface area contributed by atoms with E-state index in [1.54, 1.807) is 6.92 Å². The number of nitrogens with zero attached hydrogens (tertiary/aromatic N) is 1. The van der Waals surface area contributed by atoms with E-state index in [0.717, 1.165) is 30.3 Å². The Labute approximate surface area is 261 Å². The second-order valence-electron chi connectivity index (χ2n) is 12.5. The van der Waals surface area contributed by atoms with Crippen LogP contribution in [0.5, 0.6) is 0 Å². The molecule has 46 heavy (non-hydrogen) atoms. The average molecular weight is 702 g/mol. The van der Waals surface area contributed by atoms with Gasteiger partial charge in [-0.1, -0.05) is 25.1 Å². The van der Waals surface area contributed by atoms with Gasteiger partial charge in [0, 0.05) is 18.0 Å². The highest BCUT2D eigenvalue weighted by Gasteiger charge is 2.74. The second-order valence-corrected chi connectivity index (χ2v) is 17.4. The molecule has 2 heterocycles. The highest BCUT2D eigenvalue weighted by molar-refractivity contribution is 7.93. The van der Waals surface area contributed by atoms with Crippen LogP contribution in [-0.4, -0.2) is 63.1 Å². The van der Waals surface area contributed by atoms with Crippen LogP contribution >= 0.6 is 0 Å². The number of aryl methyl sites for hydroxylation is 1. The van der Waals surface area contributed by atoms with Crippen molar-refractivity contribution in [2.75, 3.05) is 12.3 Å². The molecule has 0 N–H and O–H groups in total. The summed E-state index contributed by atoms with van der Waals surface area (Å²) in [6.45, 7) is 3.04. The number of likely N-dealkylation sites (tertiary alicyclic amines) is 1. The molecule has 2 aromatic rings. The minimum atomic E-state index is -6.38. The minimum Gasteiger partial charge on any atom is -0.337 e. The second kappa shape index (κ2) is 10.9. The largest absolute Gasteiger partial charge is 0.435 e. The molecule has 0 aromatic heterocycles. The van der Waals surface area contributed by atoms with Gasteiger partial charge in [-0.3, -0.25) is 4.79 Å². The number of alkyl halides is 7. The lowest BCUT2D eigenvalue weighted by Gasteiger charge is -2.44. The zero-order chi connectivity index (χ0) is 34.3. The number of carbonyl (C=O) groups is 1. The van der Waals surface area contributed by atoms with Gasteiger partial charge in [-0.25, -0.2) is 25.6 Å². The van der Waals surface area contributed by atoms with E-state index in [-0.39, 0.29) is 68.0 Å². The predicted octanol–water partition coefficient (Wildman–Crippen LogP) is 6.32. The fourth-order valence-corrected chi connectivity index (χ4v) is 11.8. The zero-order valence-corrected chi connectivity index (χ0v) is 26.3. The monoisotopic (exact) mass is 701 g/mol. The molecule has 2 aliphatic heterocycles. The van der Waals surface area contributed by atoms with Crippen LogP contribution in [0.15, 0.2) is 47.4 Å². The van der Waals surface area contributed by atoms with Crippen molar-refractivity contribution in [1.29, 1.82) is 0 Å². The van der Waals surface area contributed by atoms with Gasteiger partial charge in [-0.05, 0) is 80.8 Å². The van der Waals surface area contributed by atoms with Crippen molar-refractivity contribution in [3.63, 3.8) is 0 Å². The van der Waals surface area contributed by atoms with Crippen LogP contribution in [0.2, 0.25) is 0 Å². The number of hydrogen-bond donors (Lipinski definition) is 0. The maximum Gasteiger partial charge on any atom is 0.435 e. The van der Waals surface area contributed by atoms with Crippen molar-refractivity contribution >= 4 is 25.6 Å². The van der Waals surface area contributed by atoms with E-state index < -0.39 is 81.3 Å². The number of hydrogen-bond acceptors (Lipinski definition) is 5. The summed E-state index contributed by atoms with van der Waals surface area (Å²) in [5, 5.41) is 0. The Morgan fingerprint density at radius 3 is 2.15 bits per heavy atom. The van der Waals surface area contributed by atoms with Gasteiger partial charge in [0.05, 0.1) is 21.4 Å². The fourth-order valence-electron chi connectivity index (χ4n) is 7.42. The number of sulfone groups is 2. The van der Waals surface area contributed by atoms with Crippen LogP contribution in [0.25, 0.3) is 0 Å². The summed E-state index contributed by atoms with van der Waals surface area (Å²) < 4.78 is 162. The van der Waals surface area contributed by atoms with Crippen LogP contribution in [0.4, 0.5) is 35.1 Å². The first-order valence-electron chi connectivity index (χ1n) is 14.6. The van der Waals surface area contributed by atoms with Crippen LogP contribution in [-0.2, 0) is 41.3 Å². The summed E-state index contributed by atoms with van der Waals surface area (Å²) in [7, 11) is -8.16. The molecular formula is C30H31F8NO5S2. The van der Waals surface area contributed by atoms with Crippen LogP contribution < -0.4 is 0 Å². The molecule has 2 fully saturated rings. The Balaban J connectivity index is 1.65. The Morgan fingerprint density at radius 2 is 1.59 bits per heavy atom. The van der Waals surface area contributed by atoms with Gasteiger partial charge >= 0.3 is 18.0 Å². The van der Waals surface area contributed by atoms with Crippen molar-refractivity contribution in [2.45, 2.75) is 90.8 Å². The van der Waals surface area contributed by atoms with E-state index in [1.807, 2.05) is 0 Å². The molecule has 4 atom stereocenters. The Morgan fingerprint density at radius 1 is 0.978 bits per heavy atom. The first kappa shape index (κ1) is 34.6. The summed E-state index contributed by atoms with van der Waals surface area (Å²) >= 11 is 0. The van der Waals surface area contributed by atoms with E-state index in [4.69, 9.17) is 0 Å². The number of benzene rings is 2. The van der Waals surface area contributed by atoms with Crippen LogP contribution in [0.1, 0.15) is 62.6 Å². The van der Waals surface area contributed by atoms with Gasteiger partial charge in [0.1, 0.15) is 10.6 Å². The highest BCUT2D eigenvalue weighted by Crippen LogP contribution is 2.57. The van der Waals surface area contributed by atoms with Crippen molar-refractivity contribution < 1.29 is 56.8 Å².